The number of nitrogens with one attached hydrogen (secondary N) is 1. The van der Waals surface area contributed by atoms with Crippen LogP contribution < -0.4 is 5.32 Å². The first-order chi connectivity index (χ1) is 16.4. The Labute approximate surface area is 200 Å². The van der Waals surface area contributed by atoms with Crippen molar-refractivity contribution in [1.82, 2.24) is 35.1 Å². The average Bonchev–Trinajstić information content (AvgIpc) is 3.31. The predicted molar refractivity (Wildman–Crippen MR) is 113 cm³/mol. The lowest BCUT2D eigenvalue weighted by Gasteiger charge is -2.43. The van der Waals surface area contributed by atoms with Crippen LogP contribution in [0.2, 0.25) is 5.02 Å². The van der Waals surface area contributed by atoms with Crippen LogP contribution in [0.5, 0.6) is 0 Å². The normalized spacial score (nSPS) is 20.0. The summed E-state index contributed by atoms with van der Waals surface area (Å²) in [5.74, 6) is -4.70. The Bertz CT molecular complexity index is 1190. The van der Waals surface area contributed by atoms with Gasteiger partial charge in [0.05, 0.1) is 23.7 Å². The number of alkyl halides is 5. The minimum Gasteiger partial charge on any atom is -0.352 e. The van der Waals surface area contributed by atoms with Gasteiger partial charge in [-0.05, 0) is 29.3 Å². The van der Waals surface area contributed by atoms with Gasteiger partial charge in [-0.1, -0.05) is 18.5 Å². The number of aromatic nitrogens is 6. The molecule has 0 bridgehead atoms. The van der Waals surface area contributed by atoms with Crippen LogP contribution in [0.4, 0.5) is 27.9 Å². The second kappa shape index (κ2) is 9.32. The van der Waals surface area contributed by atoms with Crippen LogP contribution in [-0.2, 0) is 6.18 Å². The summed E-state index contributed by atoms with van der Waals surface area (Å²) >= 11 is 6.07. The molecule has 2 atom stereocenters. The van der Waals surface area contributed by atoms with Crippen LogP contribution in [0, 0.1) is 5.92 Å². The van der Waals surface area contributed by atoms with Crippen molar-refractivity contribution in [3.05, 3.63) is 53.1 Å². The highest BCUT2D eigenvalue weighted by Gasteiger charge is 2.46. The number of tetrazole rings is 1. The van der Waals surface area contributed by atoms with Crippen LogP contribution >= 0.6 is 11.6 Å². The van der Waals surface area contributed by atoms with Crippen LogP contribution in [0.25, 0.3) is 5.69 Å². The Morgan fingerprint density at radius 3 is 2.60 bits per heavy atom. The van der Waals surface area contributed by atoms with Crippen molar-refractivity contribution in [1.29, 1.82) is 0 Å². The Hall–Kier alpha value is -3.42. The highest BCUT2D eigenvalue weighted by molar-refractivity contribution is 6.31. The van der Waals surface area contributed by atoms with E-state index in [1.165, 1.54) is 18.2 Å². The largest absolute Gasteiger partial charge is 0.419 e. The molecular formula is C20H18ClF5N8O. The van der Waals surface area contributed by atoms with E-state index >= 15 is 0 Å². The number of piperidine rings is 1. The van der Waals surface area contributed by atoms with Crippen molar-refractivity contribution < 1.29 is 26.7 Å². The minimum absolute atomic E-state index is 0.0174. The molecule has 0 radical (unpaired) electrons. The molecule has 1 N–H and O–H groups in total. The zero-order valence-electron chi connectivity index (χ0n) is 18.0. The van der Waals surface area contributed by atoms with Gasteiger partial charge in [0.1, 0.15) is 5.69 Å². The van der Waals surface area contributed by atoms with Gasteiger partial charge in [0.2, 0.25) is 5.95 Å². The monoisotopic (exact) mass is 516 g/mol. The van der Waals surface area contributed by atoms with E-state index in [0.29, 0.717) is 12.4 Å². The molecule has 186 valence electrons. The third-order valence-electron chi connectivity index (χ3n) is 5.54. The van der Waals surface area contributed by atoms with Crippen molar-refractivity contribution >= 4 is 23.5 Å². The SMILES string of the molecule is C[C@@H]1CC(F)(F)CN(C(=O)c2cc(Cl)ccc2-n2ncnn2)C1CNc1ncc(C(F)(F)F)cn1. The van der Waals surface area contributed by atoms with E-state index in [1.54, 1.807) is 6.92 Å². The molecule has 9 nitrogen and oxygen atoms in total. The van der Waals surface area contributed by atoms with E-state index in [-0.39, 0.29) is 28.8 Å². The zero-order valence-corrected chi connectivity index (χ0v) is 18.8. The average molecular weight is 517 g/mol. The summed E-state index contributed by atoms with van der Waals surface area (Å²) in [6.45, 7) is 0.615. The summed E-state index contributed by atoms with van der Waals surface area (Å²) in [6.07, 6.45) is -2.71. The van der Waals surface area contributed by atoms with E-state index in [2.05, 4.69) is 30.7 Å². The molecule has 1 aliphatic rings. The van der Waals surface area contributed by atoms with Crippen molar-refractivity contribution in [3.8, 4) is 5.69 Å². The van der Waals surface area contributed by atoms with Crippen LogP contribution in [0.3, 0.4) is 0 Å². The van der Waals surface area contributed by atoms with Crippen molar-refractivity contribution in [3.63, 3.8) is 0 Å². The number of carbonyl (C=O) groups is 1. The van der Waals surface area contributed by atoms with E-state index < -0.39 is 48.5 Å². The van der Waals surface area contributed by atoms with Crippen molar-refractivity contribution in [2.45, 2.75) is 31.5 Å². The van der Waals surface area contributed by atoms with Crippen LogP contribution in [0.1, 0.15) is 29.3 Å². The molecular weight excluding hydrogens is 499 g/mol. The molecule has 4 rings (SSSR count). The number of likely N-dealkylation sites (tertiary alicyclic amines) is 1. The molecule has 1 aliphatic heterocycles. The maximum Gasteiger partial charge on any atom is 0.419 e. The maximum absolute atomic E-state index is 14.5. The first-order valence-corrected chi connectivity index (χ1v) is 10.7. The molecule has 2 aromatic heterocycles. The Morgan fingerprint density at radius 2 is 1.97 bits per heavy atom. The molecule has 0 spiro atoms. The summed E-state index contributed by atoms with van der Waals surface area (Å²) in [5.41, 5.74) is -0.854. The van der Waals surface area contributed by atoms with Gasteiger partial charge >= 0.3 is 6.18 Å². The Kier molecular flexibility index (Phi) is 6.58. The molecule has 35 heavy (non-hydrogen) atoms. The number of halogens is 6. The van der Waals surface area contributed by atoms with E-state index in [9.17, 15) is 26.7 Å². The molecule has 1 unspecified atom stereocenters. The van der Waals surface area contributed by atoms with Crippen LogP contribution in [-0.4, -0.2) is 66.0 Å². The summed E-state index contributed by atoms with van der Waals surface area (Å²) in [4.78, 5) is 22.9. The Morgan fingerprint density at radius 1 is 1.26 bits per heavy atom. The number of amides is 1. The Balaban J connectivity index is 1.61. The summed E-state index contributed by atoms with van der Waals surface area (Å²) in [6, 6.07) is 3.52. The van der Waals surface area contributed by atoms with Crippen LogP contribution in [0.15, 0.2) is 36.9 Å². The van der Waals surface area contributed by atoms with Gasteiger partial charge in [-0.2, -0.15) is 13.2 Å². The van der Waals surface area contributed by atoms with Gasteiger partial charge < -0.3 is 10.2 Å². The second-order valence-electron chi connectivity index (χ2n) is 8.10. The highest BCUT2D eigenvalue weighted by Crippen LogP contribution is 2.36. The number of hydrogen-bond acceptors (Lipinski definition) is 7. The van der Waals surface area contributed by atoms with Crippen molar-refractivity contribution in [2.75, 3.05) is 18.4 Å². The third-order valence-corrected chi connectivity index (χ3v) is 5.78. The van der Waals surface area contributed by atoms with Gasteiger partial charge in [0, 0.05) is 30.4 Å². The molecule has 3 aromatic rings. The summed E-state index contributed by atoms with van der Waals surface area (Å²) in [7, 11) is 0. The van der Waals surface area contributed by atoms with Gasteiger partial charge in [-0.15, -0.1) is 15.0 Å². The molecule has 0 saturated carbocycles. The maximum atomic E-state index is 14.5. The predicted octanol–water partition coefficient (Wildman–Crippen LogP) is 3.72. The fourth-order valence-corrected chi connectivity index (χ4v) is 4.10. The minimum atomic E-state index is -4.60. The fraction of sp³-hybridized carbons (Fsp3) is 0.400. The second-order valence-corrected chi connectivity index (χ2v) is 8.53. The zero-order chi connectivity index (χ0) is 25.4. The molecule has 1 aromatic carbocycles. The number of nitrogens with zero attached hydrogens (tertiary/aromatic N) is 7. The number of hydrogen-bond donors (Lipinski definition) is 1. The van der Waals surface area contributed by atoms with E-state index in [1.807, 2.05) is 0 Å². The molecule has 1 saturated heterocycles. The lowest BCUT2D eigenvalue weighted by molar-refractivity contribution is -0.138. The lowest BCUT2D eigenvalue weighted by atomic mass is 9.87. The van der Waals surface area contributed by atoms with Gasteiger partial charge in [0.25, 0.3) is 11.8 Å². The molecule has 1 fully saturated rings. The van der Waals surface area contributed by atoms with Gasteiger partial charge in [-0.3, -0.25) is 4.79 Å². The number of carbonyl (C=O) groups excluding carboxylic acids is 1. The van der Waals surface area contributed by atoms with E-state index in [4.69, 9.17) is 11.6 Å². The lowest BCUT2D eigenvalue weighted by Crippen LogP contribution is -2.57. The summed E-state index contributed by atoms with van der Waals surface area (Å²) in [5, 5.41) is 14.2. The third kappa shape index (κ3) is 5.47. The van der Waals surface area contributed by atoms with Crippen molar-refractivity contribution in [2.24, 2.45) is 5.92 Å². The molecule has 1 amide bonds. The van der Waals surface area contributed by atoms with E-state index in [0.717, 1.165) is 16.0 Å². The number of rotatable bonds is 5. The first kappa shape index (κ1) is 24.7. The van der Waals surface area contributed by atoms with Gasteiger partial charge in [0.15, 0.2) is 6.33 Å². The standard InChI is InChI=1S/C20H18ClF5N8O/c1-11-5-19(22,23)9-33(16(11)8-29-18-27-6-12(7-28-18)20(24,25)26)17(35)14-4-13(21)2-3-15(14)34-31-10-30-32-34/h2-4,6-7,10-11,16H,5,8-9H2,1H3,(H,27,28,29)/t11-,16?/m1/s1. The first-order valence-electron chi connectivity index (χ1n) is 10.3. The molecule has 3 heterocycles. The number of anilines is 1. The number of benzene rings is 1. The topological polar surface area (TPSA) is 102 Å². The molecule has 0 aliphatic carbocycles. The van der Waals surface area contributed by atoms with Gasteiger partial charge in [-0.25, -0.2) is 18.7 Å². The highest BCUT2D eigenvalue weighted by atomic mass is 35.5. The fourth-order valence-electron chi connectivity index (χ4n) is 3.93. The quantitative estimate of drug-likeness (QED) is 0.516. The smallest absolute Gasteiger partial charge is 0.352 e. The molecule has 15 heteroatoms. The summed E-state index contributed by atoms with van der Waals surface area (Å²) < 4.78 is 67.3.